The first-order valence-corrected chi connectivity index (χ1v) is 9.74. The van der Waals surface area contributed by atoms with Crippen molar-refractivity contribution in [3.63, 3.8) is 0 Å². The van der Waals surface area contributed by atoms with E-state index in [1.165, 1.54) is 0 Å². The lowest BCUT2D eigenvalue weighted by molar-refractivity contribution is -0.128. The lowest BCUT2D eigenvalue weighted by Crippen LogP contribution is -2.38. The van der Waals surface area contributed by atoms with E-state index < -0.39 is 0 Å². The summed E-state index contributed by atoms with van der Waals surface area (Å²) in [6, 6.07) is 3.68. The summed E-state index contributed by atoms with van der Waals surface area (Å²) in [6.45, 7) is 2.37. The van der Waals surface area contributed by atoms with E-state index in [1.54, 1.807) is 30.9 Å². The van der Waals surface area contributed by atoms with E-state index in [9.17, 15) is 9.59 Å². The van der Waals surface area contributed by atoms with Crippen LogP contribution in [0.5, 0.6) is 11.5 Å². The van der Waals surface area contributed by atoms with Crippen LogP contribution in [0.2, 0.25) is 0 Å². The maximum Gasteiger partial charge on any atom is 0.317 e. The minimum Gasteiger partial charge on any atom is -0.493 e. The van der Waals surface area contributed by atoms with Crippen LogP contribution < -0.4 is 14.8 Å². The van der Waals surface area contributed by atoms with Crippen molar-refractivity contribution in [1.82, 2.24) is 15.1 Å². The minimum absolute atomic E-state index is 0.0665. The summed E-state index contributed by atoms with van der Waals surface area (Å²) in [5.41, 5.74) is 0.958. The molecule has 0 radical (unpaired) electrons. The fourth-order valence-electron chi connectivity index (χ4n) is 2.97. The molecule has 1 unspecified atom stereocenters. The number of benzene rings is 1. The molecule has 0 aromatic heterocycles. The number of nitrogens with one attached hydrogen (secondary N) is 1. The van der Waals surface area contributed by atoms with E-state index >= 15 is 0 Å². The van der Waals surface area contributed by atoms with Crippen molar-refractivity contribution in [3.8, 4) is 11.5 Å². The second kappa shape index (κ2) is 7.74. The van der Waals surface area contributed by atoms with Gasteiger partial charge in [-0.25, -0.2) is 4.79 Å². The van der Waals surface area contributed by atoms with Gasteiger partial charge in [-0.05, 0) is 12.1 Å². The van der Waals surface area contributed by atoms with Crippen LogP contribution in [-0.4, -0.2) is 67.9 Å². The van der Waals surface area contributed by atoms with Crippen molar-refractivity contribution in [1.29, 1.82) is 0 Å². The SMILES string of the molecule is COc1cc(Br)c(C2SCC(=O)N2CCN2CCNC2=O)cc1OC. The van der Waals surface area contributed by atoms with Crippen LogP contribution in [0, 0.1) is 0 Å². The topological polar surface area (TPSA) is 71.1 Å². The van der Waals surface area contributed by atoms with E-state index in [0.717, 1.165) is 10.0 Å². The number of carbonyl (C=O) groups is 2. The minimum atomic E-state index is -0.118. The molecule has 2 heterocycles. The smallest absolute Gasteiger partial charge is 0.317 e. The van der Waals surface area contributed by atoms with Crippen molar-refractivity contribution in [3.05, 3.63) is 22.2 Å². The van der Waals surface area contributed by atoms with Crippen molar-refractivity contribution < 1.29 is 19.1 Å². The molecule has 9 heteroatoms. The number of rotatable bonds is 6. The van der Waals surface area contributed by atoms with E-state index in [2.05, 4.69) is 21.2 Å². The van der Waals surface area contributed by atoms with Gasteiger partial charge in [-0.15, -0.1) is 11.8 Å². The van der Waals surface area contributed by atoms with E-state index in [-0.39, 0.29) is 17.3 Å². The molecule has 2 aliphatic heterocycles. The number of methoxy groups -OCH3 is 2. The summed E-state index contributed by atoms with van der Waals surface area (Å²) in [6.07, 6.45) is 0. The van der Waals surface area contributed by atoms with Gasteiger partial charge in [0.1, 0.15) is 5.37 Å². The largest absolute Gasteiger partial charge is 0.493 e. The normalized spacial score (nSPS) is 20.2. The lowest BCUT2D eigenvalue weighted by Gasteiger charge is -2.27. The second-order valence-electron chi connectivity index (χ2n) is 5.70. The Kier molecular flexibility index (Phi) is 5.63. The van der Waals surface area contributed by atoms with Crippen LogP contribution >= 0.6 is 27.7 Å². The molecule has 136 valence electrons. The zero-order chi connectivity index (χ0) is 18.0. The molecule has 25 heavy (non-hydrogen) atoms. The van der Waals surface area contributed by atoms with Gasteiger partial charge in [-0.3, -0.25) is 4.79 Å². The predicted octanol–water partition coefficient (Wildman–Crippen LogP) is 2.07. The molecule has 0 saturated carbocycles. The van der Waals surface area contributed by atoms with Crippen molar-refractivity contribution in [2.24, 2.45) is 0 Å². The first-order chi connectivity index (χ1) is 12.0. The standard InChI is InChI=1S/C16H20BrN3O4S/c1-23-12-7-10(11(17)8-13(12)24-2)15-20(14(21)9-25-15)6-5-19-4-3-18-16(19)22/h7-8,15H,3-6,9H2,1-2H3,(H,18,22). The van der Waals surface area contributed by atoms with Gasteiger partial charge in [0.15, 0.2) is 11.5 Å². The van der Waals surface area contributed by atoms with Gasteiger partial charge in [0.2, 0.25) is 5.91 Å². The Morgan fingerprint density at radius 2 is 1.96 bits per heavy atom. The Labute approximate surface area is 159 Å². The van der Waals surface area contributed by atoms with Gasteiger partial charge < -0.3 is 24.6 Å². The number of nitrogens with zero attached hydrogens (tertiary/aromatic N) is 2. The van der Waals surface area contributed by atoms with Crippen LogP contribution in [-0.2, 0) is 4.79 Å². The molecule has 1 aromatic carbocycles. The van der Waals surface area contributed by atoms with Crippen LogP contribution in [0.4, 0.5) is 4.79 Å². The highest BCUT2D eigenvalue weighted by atomic mass is 79.9. The van der Waals surface area contributed by atoms with Crippen molar-refractivity contribution in [2.75, 3.05) is 46.2 Å². The molecule has 3 amide bonds. The summed E-state index contributed by atoms with van der Waals surface area (Å²) in [5, 5.41) is 2.66. The molecule has 1 N–H and O–H groups in total. The monoisotopic (exact) mass is 429 g/mol. The molecule has 7 nitrogen and oxygen atoms in total. The quantitative estimate of drug-likeness (QED) is 0.749. The Morgan fingerprint density at radius 3 is 2.60 bits per heavy atom. The molecule has 1 atom stereocenters. The van der Waals surface area contributed by atoms with Crippen LogP contribution in [0.3, 0.4) is 0 Å². The zero-order valence-electron chi connectivity index (χ0n) is 14.1. The number of hydrogen-bond donors (Lipinski definition) is 1. The third-order valence-corrected chi connectivity index (χ3v) is 6.22. The predicted molar refractivity (Wildman–Crippen MR) is 99.1 cm³/mol. The van der Waals surface area contributed by atoms with Gasteiger partial charge in [0.05, 0.1) is 20.0 Å². The second-order valence-corrected chi connectivity index (χ2v) is 7.62. The Morgan fingerprint density at radius 1 is 1.24 bits per heavy atom. The highest BCUT2D eigenvalue weighted by Crippen LogP contribution is 2.45. The van der Waals surface area contributed by atoms with Crippen LogP contribution in [0.25, 0.3) is 0 Å². The molecule has 2 aliphatic rings. The van der Waals surface area contributed by atoms with Gasteiger partial charge in [-0.1, -0.05) is 15.9 Å². The number of amides is 3. The molecule has 0 spiro atoms. The molecule has 3 rings (SSSR count). The first kappa shape index (κ1) is 18.2. The fourth-order valence-corrected chi connectivity index (χ4v) is 4.90. The Bertz CT molecular complexity index is 688. The fraction of sp³-hybridized carbons (Fsp3) is 0.500. The zero-order valence-corrected chi connectivity index (χ0v) is 16.5. The highest BCUT2D eigenvalue weighted by Gasteiger charge is 2.35. The lowest BCUT2D eigenvalue weighted by atomic mass is 10.1. The molecule has 0 aliphatic carbocycles. The Balaban J connectivity index is 1.80. The molecule has 0 bridgehead atoms. The van der Waals surface area contributed by atoms with Crippen LogP contribution in [0.15, 0.2) is 16.6 Å². The average Bonchev–Trinajstić information content (AvgIpc) is 3.18. The summed E-state index contributed by atoms with van der Waals surface area (Å²) < 4.78 is 11.6. The van der Waals surface area contributed by atoms with Crippen molar-refractivity contribution in [2.45, 2.75) is 5.37 Å². The van der Waals surface area contributed by atoms with Gasteiger partial charge >= 0.3 is 6.03 Å². The average molecular weight is 430 g/mol. The van der Waals surface area contributed by atoms with Crippen LogP contribution in [0.1, 0.15) is 10.9 Å². The van der Waals surface area contributed by atoms with E-state index in [1.807, 2.05) is 17.0 Å². The summed E-state index contributed by atoms with van der Waals surface area (Å²) in [4.78, 5) is 27.6. The molecular formula is C16H20BrN3O4S. The number of carbonyl (C=O) groups excluding carboxylic acids is 2. The van der Waals surface area contributed by atoms with E-state index in [4.69, 9.17) is 9.47 Å². The number of ether oxygens (including phenoxy) is 2. The molecule has 2 fully saturated rings. The molecule has 2 saturated heterocycles. The Hall–Kier alpha value is -1.61. The summed E-state index contributed by atoms with van der Waals surface area (Å²) in [5.74, 6) is 1.76. The molecular weight excluding hydrogens is 410 g/mol. The maximum atomic E-state index is 12.3. The van der Waals surface area contributed by atoms with E-state index in [0.29, 0.717) is 43.4 Å². The van der Waals surface area contributed by atoms with Gasteiger partial charge in [0.25, 0.3) is 0 Å². The van der Waals surface area contributed by atoms with Crippen molar-refractivity contribution >= 4 is 39.6 Å². The number of halogens is 1. The van der Waals surface area contributed by atoms with Gasteiger partial charge in [0, 0.05) is 36.2 Å². The summed E-state index contributed by atoms with van der Waals surface area (Å²) >= 11 is 5.15. The third kappa shape index (κ3) is 3.67. The van der Waals surface area contributed by atoms with Gasteiger partial charge in [-0.2, -0.15) is 0 Å². The number of hydrogen-bond acceptors (Lipinski definition) is 5. The number of urea groups is 1. The number of thioether (sulfide) groups is 1. The highest BCUT2D eigenvalue weighted by molar-refractivity contribution is 9.10. The third-order valence-electron chi connectivity index (χ3n) is 4.29. The molecule has 1 aromatic rings. The first-order valence-electron chi connectivity index (χ1n) is 7.90. The summed E-state index contributed by atoms with van der Waals surface area (Å²) in [7, 11) is 3.18. The maximum absolute atomic E-state index is 12.3.